The van der Waals surface area contributed by atoms with Gasteiger partial charge >= 0.3 is 0 Å². The Morgan fingerprint density at radius 1 is 1.10 bits per heavy atom. The first-order valence-corrected chi connectivity index (χ1v) is 9.88. The van der Waals surface area contributed by atoms with E-state index in [-0.39, 0.29) is 11.4 Å². The summed E-state index contributed by atoms with van der Waals surface area (Å²) in [6.45, 7) is 6.74. The number of methoxy groups -OCH3 is 1. The largest absolute Gasteiger partial charge is 0.496 e. The second kappa shape index (κ2) is 7.82. The maximum Gasteiger partial charge on any atom is 0.138 e. The summed E-state index contributed by atoms with van der Waals surface area (Å²) in [7, 11) is 1.55. The molecule has 0 saturated carbocycles. The molecule has 154 valence electrons. The molecule has 1 aliphatic rings. The zero-order valence-corrected chi connectivity index (χ0v) is 17.6. The lowest BCUT2D eigenvalue weighted by Crippen LogP contribution is -2.32. The highest BCUT2D eigenvalue weighted by Crippen LogP contribution is 2.42. The van der Waals surface area contributed by atoms with Crippen LogP contribution in [0.4, 0.5) is 10.1 Å². The second-order valence-electron chi connectivity index (χ2n) is 8.01. The molecule has 30 heavy (non-hydrogen) atoms. The fourth-order valence-electron chi connectivity index (χ4n) is 4.08. The number of benzene rings is 2. The third-order valence-electron chi connectivity index (χ3n) is 5.21. The van der Waals surface area contributed by atoms with E-state index >= 15 is 0 Å². The molecule has 4 nitrogen and oxygen atoms in total. The van der Waals surface area contributed by atoms with E-state index in [0.717, 1.165) is 27.9 Å². The lowest BCUT2D eigenvalue weighted by atomic mass is 9.85. The van der Waals surface area contributed by atoms with E-state index < -0.39 is 0 Å². The van der Waals surface area contributed by atoms with Crippen molar-refractivity contribution in [2.45, 2.75) is 32.9 Å². The first kappa shape index (κ1) is 20.0. The molecule has 5 heteroatoms. The molecule has 1 N–H and O–H groups in total. The third-order valence-corrected chi connectivity index (χ3v) is 5.21. The number of pyridine rings is 1. The number of anilines is 1. The Labute approximate surface area is 176 Å². The van der Waals surface area contributed by atoms with Crippen molar-refractivity contribution in [2.75, 3.05) is 12.4 Å². The highest BCUT2D eigenvalue weighted by atomic mass is 19.1. The zero-order valence-electron chi connectivity index (χ0n) is 17.6. The summed E-state index contributed by atoms with van der Waals surface area (Å²) in [5, 5.41) is 3.59. The molecule has 0 radical (unpaired) electrons. The van der Waals surface area contributed by atoms with Crippen molar-refractivity contribution in [3.63, 3.8) is 0 Å². The second-order valence-corrected chi connectivity index (χ2v) is 8.01. The molecule has 2 heterocycles. The molecule has 0 bridgehead atoms. The number of nitrogens with one attached hydrogen (secondary N) is 1. The average molecular weight is 404 g/mol. The predicted octanol–water partition coefficient (Wildman–Crippen LogP) is 6.08. The molecule has 0 aliphatic carbocycles. The molecular weight excluding hydrogens is 379 g/mol. The fraction of sp³-hybridized carbons (Fsp3) is 0.240. The van der Waals surface area contributed by atoms with Crippen molar-refractivity contribution in [3.8, 4) is 22.6 Å². The van der Waals surface area contributed by atoms with Crippen LogP contribution >= 0.6 is 0 Å². The average Bonchev–Trinajstić information content (AvgIpc) is 2.71. The first-order chi connectivity index (χ1) is 14.4. The topological polar surface area (TPSA) is 43.4 Å². The number of allylic oxidation sites excluding steroid dienone is 1. The standard InChI is InChI=1S/C25H25FN2O2/c1-16-13-25(2,3)28-22-10-9-19(20-8-7-17(26)12-23(20)29-4)21(24(16)22)15-30-18-6-5-11-27-14-18/h5-14,28H,15H2,1-4H3. The van der Waals surface area contributed by atoms with Crippen LogP contribution in [0.2, 0.25) is 0 Å². The van der Waals surface area contributed by atoms with E-state index in [1.54, 1.807) is 25.6 Å². The van der Waals surface area contributed by atoms with Gasteiger partial charge in [0, 0.05) is 34.6 Å². The summed E-state index contributed by atoms with van der Waals surface area (Å²) in [4.78, 5) is 4.13. The van der Waals surface area contributed by atoms with Crippen molar-refractivity contribution < 1.29 is 13.9 Å². The van der Waals surface area contributed by atoms with Gasteiger partial charge < -0.3 is 14.8 Å². The Bertz CT molecular complexity index is 1110. The van der Waals surface area contributed by atoms with Gasteiger partial charge in [0.2, 0.25) is 0 Å². The van der Waals surface area contributed by atoms with Gasteiger partial charge in [-0.1, -0.05) is 12.1 Å². The van der Waals surface area contributed by atoms with Crippen LogP contribution in [0.15, 0.2) is 60.9 Å². The molecule has 1 aromatic heterocycles. The van der Waals surface area contributed by atoms with E-state index in [0.29, 0.717) is 18.1 Å². The molecule has 0 atom stereocenters. The van der Waals surface area contributed by atoms with Gasteiger partial charge in [-0.05, 0) is 62.2 Å². The molecule has 0 saturated heterocycles. The predicted molar refractivity (Wildman–Crippen MR) is 118 cm³/mol. The summed E-state index contributed by atoms with van der Waals surface area (Å²) in [5.41, 5.74) is 5.96. The van der Waals surface area contributed by atoms with Crippen molar-refractivity contribution in [1.29, 1.82) is 0 Å². The quantitative estimate of drug-likeness (QED) is 0.559. The van der Waals surface area contributed by atoms with Crippen LogP contribution in [0.25, 0.3) is 16.7 Å². The molecule has 2 aromatic carbocycles. The van der Waals surface area contributed by atoms with Crippen LogP contribution in [0.1, 0.15) is 31.9 Å². The summed E-state index contributed by atoms with van der Waals surface area (Å²) < 4.78 is 25.4. The van der Waals surface area contributed by atoms with E-state index in [1.807, 2.05) is 18.2 Å². The number of nitrogens with zero attached hydrogens (tertiary/aromatic N) is 1. The van der Waals surface area contributed by atoms with E-state index in [1.165, 1.54) is 17.7 Å². The highest BCUT2D eigenvalue weighted by molar-refractivity contribution is 5.88. The Morgan fingerprint density at radius 3 is 2.63 bits per heavy atom. The Morgan fingerprint density at radius 2 is 1.90 bits per heavy atom. The van der Waals surface area contributed by atoms with Gasteiger partial charge in [-0.15, -0.1) is 0 Å². The molecule has 1 aliphatic heterocycles. The van der Waals surface area contributed by atoms with Crippen LogP contribution in [0, 0.1) is 5.82 Å². The van der Waals surface area contributed by atoms with Crippen molar-refractivity contribution in [2.24, 2.45) is 0 Å². The van der Waals surface area contributed by atoms with Crippen LogP contribution < -0.4 is 14.8 Å². The molecule has 4 rings (SSSR count). The minimum Gasteiger partial charge on any atom is -0.496 e. The maximum atomic E-state index is 13.8. The number of halogens is 1. The first-order valence-electron chi connectivity index (χ1n) is 9.88. The normalized spacial score (nSPS) is 14.4. The lowest BCUT2D eigenvalue weighted by molar-refractivity contribution is 0.305. The van der Waals surface area contributed by atoms with Crippen molar-refractivity contribution >= 4 is 11.3 Å². The van der Waals surface area contributed by atoms with Gasteiger partial charge in [-0.3, -0.25) is 4.98 Å². The van der Waals surface area contributed by atoms with E-state index in [4.69, 9.17) is 9.47 Å². The van der Waals surface area contributed by atoms with Crippen molar-refractivity contribution in [1.82, 2.24) is 4.98 Å². The van der Waals surface area contributed by atoms with Gasteiger partial charge in [0.1, 0.15) is 23.9 Å². The lowest BCUT2D eigenvalue weighted by Gasteiger charge is -2.33. The van der Waals surface area contributed by atoms with Crippen molar-refractivity contribution in [3.05, 3.63) is 77.9 Å². The van der Waals surface area contributed by atoms with Gasteiger partial charge in [0.05, 0.1) is 18.8 Å². The molecule has 3 aromatic rings. The summed E-state index contributed by atoms with van der Waals surface area (Å²) in [6, 6.07) is 12.4. The number of hydrogen-bond acceptors (Lipinski definition) is 4. The smallest absolute Gasteiger partial charge is 0.138 e. The summed E-state index contributed by atoms with van der Waals surface area (Å²) in [5.74, 6) is 0.849. The number of ether oxygens (including phenoxy) is 2. The van der Waals surface area contributed by atoms with E-state index in [9.17, 15) is 4.39 Å². The summed E-state index contributed by atoms with van der Waals surface area (Å²) >= 11 is 0. The number of aromatic nitrogens is 1. The van der Waals surface area contributed by atoms with Gasteiger partial charge in [-0.2, -0.15) is 0 Å². The zero-order chi connectivity index (χ0) is 21.3. The highest BCUT2D eigenvalue weighted by Gasteiger charge is 2.27. The minimum atomic E-state index is -0.332. The van der Waals surface area contributed by atoms with Gasteiger partial charge in [-0.25, -0.2) is 4.39 Å². The maximum absolute atomic E-state index is 13.8. The Balaban J connectivity index is 1.87. The van der Waals surface area contributed by atoms with Crippen LogP contribution in [0.5, 0.6) is 11.5 Å². The van der Waals surface area contributed by atoms with Gasteiger partial charge in [0.25, 0.3) is 0 Å². The van der Waals surface area contributed by atoms with Crippen LogP contribution in [0.3, 0.4) is 0 Å². The minimum absolute atomic E-state index is 0.145. The number of fused-ring (bicyclic) bond motifs is 1. The van der Waals surface area contributed by atoms with Crippen LogP contribution in [-0.2, 0) is 6.61 Å². The number of rotatable bonds is 5. The monoisotopic (exact) mass is 404 g/mol. The Kier molecular flexibility index (Phi) is 5.20. The molecule has 0 amide bonds. The molecule has 0 unspecified atom stereocenters. The van der Waals surface area contributed by atoms with Crippen LogP contribution in [-0.4, -0.2) is 17.6 Å². The molecule has 0 fully saturated rings. The third kappa shape index (κ3) is 3.88. The summed E-state index contributed by atoms with van der Waals surface area (Å²) in [6.07, 6.45) is 5.62. The fourth-order valence-corrected chi connectivity index (χ4v) is 4.08. The van der Waals surface area contributed by atoms with E-state index in [2.05, 4.69) is 43.2 Å². The Hall–Kier alpha value is -3.34. The molecule has 0 spiro atoms. The SMILES string of the molecule is COc1cc(F)ccc1-c1ccc2c(c1COc1cccnc1)C(C)=CC(C)(C)N2. The molecular formula is C25H25FN2O2. The number of hydrogen-bond donors (Lipinski definition) is 1. The van der Waals surface area contributed by atoms with Gasteiger partial charge in [0.15, 0.2) is 0 Å².